The first-order chi connectivity index (χ1) is 12.6. The van der Waals surface area contributed by atoms with E-state index in [0.717, 1.165) is 11.1 Å². The van der Waals surface area contributed by atoms with Gasteiger partial charge in [0.2, 0.25) is 0 Å². The number of nitrogens with zero attached hydrogens (tertiary/aromatic N) is 1. The highest BCUT2D eigenvalue weighted by molar-refractivity contribution is 7.92. The average molecular weight is 387 g/mol. The van der Waals surface area contributed by atoms with Gasteiger partial charge in [0.05, 0.1) is 4.90 Å². The molecule has 2 aromatic carbocycles. The molecule has 1 amide bonds. The van der Waals surface area contributed by atoms with Crippen LogP contribution in [0.3, 0.4) is 0 Å². The van der Waals surface area contributed by atoms with Crippen molar-refractivity contribution in [3.05, 3.63) is 71.3 Å². The molecule has 0 heterocycles. The van der Waals surface area contributed by atoms with Crippen molar-refractivity contribution in [2.75, 3.05) is 17.8 Å². The number of hydrogen-bond acceptors (Lipinski definition) is 3. The maximum atomic E-state index is 12.8. The summed E-state index contributed by atoms with van der Waals surface area (Å²) in [6.45, 7) is 12.2. The Morgan fingerprint density at radius 2 is 1.85 bits per heavy atom. The summed E-state index contributed by atoms with van der Waals surface area (Å²) in [5.41, 5.74) is 3.20. The number of carbonyl (C=O) groups is 1. The highest BCUT2D eigenvalue weighted by atomic mass is 32.2. The van der Waals surface area contributed by atoms with E-state index in [0.29, 0.717) is 29.9 Å². The van der Waals surface area contributed by atoms with E-state index in [1.807, 2.05) is 26.8 Å². The third kappa shape index (κ3) is 5.20. The van der Waals surface area contributed by atoms with Crippen LogP contribution in [0.4, 0.5) is 5.69 Å². The van der Waals surface area contributed by atoms with Crippen molar-refractivity contribution in [1.82, 2.24) is 4.90 Å². The molecule has 2 rings (SSSR count). The van der Waals surface area contributed by atoms with E-state index in [4.69, 9.17) is 0 Å². The number of hydrogen-bond donors (Lipinski definition) is 1. The summed E-state index contributed by atoms with van der Waals surface area (Å²) in [6.07, 6.45) is 0. The molecule has 0 bridgehead atoms. The van der Waals surface area contributed by atoms with E-state index < -0.39 is 10.0 Å². The number of sulfonamides is 1. The van der Waals surface area contributed by atoms with Crippen molar-refractivity contribution in [1.29, 1.82) is 0 Å². The molecule has 27 heavy (non-hydrogen) atoms. The Morgan fingerprint density at radius 1 is 1.15 bits per heavy atom. The number of anilines is 1. The lowest BCUT2D eigenvalue weighted by atomic mass is 10.1. The van der Waals surface area contributed by atoms with Gasteiger partial charge in [-0.3, -0.25) is 9.52 Å². The van der Waals surface area contributed by atoms with E-state index in [9.17, 15) is 13.2 Å². The molecule has 0 aliphatic rings. The summed E-state index contributed by atoms with van der Waals surface area (Å²) in [7, 11) is -3.74. The molecule has 0 radical (unpaired) electrons. The van der Waals surface area contributed by atoms with Crippen LogP contribution in [0.1, 0.15) is 35.3 Å². The zero-order valence-corrected chi connectivity index (χ0v) is 17.1. The highest BCUT2D eigenvalue weighted by Gasteiger charge is 2.19. The van der Waals surface area contributed by atoms with Gasteiger partial charge in [-0.1, -0.05) is 30.4 Å². The summed E-state index contributed by atoms with van der Waals surface area (Å²) in [4.78, 5) is 14.6. The van der Waals surface area contributed by atoms with E-state index in [1.165, 1.54) is 0 Å². The lowest BCUT2D eigenvalue weighted by Gasteiger charge is -2.21. The normalized spacial score (nSPS) is 11.1. The standard InChI is InChI=1S/C21H26N2O3S/c1-6-23(14-15(2)3)21(24)18-8-7-9-19(13-18)22-27(25,26)20-12-16(4)10-11-17(20)5/h7-13,22H,2,6,14H2,1,3-5H3. The van der Waals surface area contributed by atoms with Crippen LogP contribution in [0.25, 0.3) is 0 Å². The minimum atomic E-state index is -3.74. The van der Waals surface area contributed by atoms with Crippen molar-refractivity contribution in [2.24, 2.45) is 0 Å². The van der Waals surface area contributed by atoms with Crippen molar-refractivity contribution < 1.29 is 13.2 Å². The van der Waals surface area contributed by atoms with E-state index in [1.54, 1.807) is 48.2 Å². The Balaban J connectivity index is 2.31. The maximum Gasteiger partial charge on any atom is 0.262 e. The first-order valence-corrected chi connectivity index (χ1v) is 10.3. The lowest BCUT2D eigenvalue weighted by Crippen LogP contribution is -2.32. The number of rotatable bonds is 7. The molecule has 0 fully saturated rings. The molecule has 5 nitrogen and oxygen atoms in total. The zero-order valence-electron chi connectivity index (χ0n) is 16.2. The zero-order chi connectivity index (χ0) is 20.2. The second kappa shape index (κ2) is 8.39. The molecule has 0 aliphatic carbocycles. The molecule has 1 N–H and O–H groups in total. The van der Waals surface area contributed by atoms with E-state index >= 15 is 0 Å². The number of aryl methyl sites for hydroxylation is 2. The maximum absolute atomic E-state index is 12.8. The van der Waals surface area contributed by atoms with Crippen molar-refractivity contribution in [3.8, 4) is 0 Å². The van der Waals surface area contributed by atoms with Crippen LogP contribution >= 0.6 is 0 Å². The Bertz CT molecular complexity index is 965. The Labute approximate surface area is 161 Å². The number of benzene rings is 2. The minimum Gasteiger partial charge on any atom is -0.335 e. The summed E-state index contributed by atoms with van der Waals surface area (Å²) >= 11 is 0. The lowest BCUT2D eigenvalue weighted by molar-refractivity contribution is 0.0778. The molecular weight excluding hydrogens is 360 g/mol. The highest BCUT2D eigenvalue weighted by Crippen LogP contribution is 2.21. The monoisotopic (exact) mass is 386 g/mol. The molecule has 0 aliphatic heterocycles. The Morgan fingerprint density at radius 3 is 2.48 bits per heavy atom. The largest absolute Gasteiger partial charge is 0.335 e. The molecule has 0 saturated carbocycles. The molecule has 0 aromatic heterocycles. The summed E-state index contributed by atoms with van der Waals surface area (Å²) in [5.74, 6) is -0.159. The van der Waals surface area contributed by atoms with Gasteiger partial charge in [-0.25, -0.2) is 8.42 Å². The minimum absolute atomic E-state index is 0.159. The first-order valence-electron chi connectivity index (χ1n) is 8.78. The van der Waals surface area contributed by atoms with Crippen molar-refractivity contribution >= 4 is 21.6 Å². The first kappa shape index (κ1) is 20.7. The SMILES string of the molecule is C=C(C)CN(CC)C(=O)c1cccc(NS(=O)(=O)c2cc(C)ccc2C)c1. The molecule has 6 heteroatoms. The van der Waals surface area contributed by atoms with E-state index in [2.05, 4.69) is 11.3 Å². The number of amides is 1. The molecular formula is C21H26N2O3S. The topological polar surface area (TPSA) is 66.5 Å². The molecule has 2 aromatic rings. The smallest absolute Gasteiger partial charge is 0.262 e. The fourth-order valence-electron chi connectivity index (χ4n) is 2.76. The van der Waals surface area contributed by atoms with Gasteiger partial charge < -0.3 is 4.90 Å². The third-order valence-corrected chi connectivity index (χ3v) is 5.65. The van der Waals surface area contributed by atoms with Gasteiger partial charge in [-0.2, -0.15) is 0 Å². The molecule has 144 valence electrons. The van der Waals surface area contributed by atoms with Gasteiger partial charge in [-0.15, -0.1) is 0 Å². The second-order valence-corrected chi connectivity index (χ2v) is 8.38. The third-order valence-electron chi connectivity index (χ3n) is 4.12. The molecule has 0 spiro atoms. The predicted molar refractivity (Wildman–Crippen MR) is 110 cm³/mol. The predicted octanol–water partition coefficient (Wildman–Crippen LogP) is 4.14. The quantitative estimate of drug-likeness (QED) is 0.727. The van der Waals surface area contributed by atoms with Gasteiger partial charge in [0.15, 0.2) is 0 Å². The van der Waals surface area contributed by atoms with Crippen LogP contribution in [0.5, 0.6) is 0 Å². The van der Waals surface area contributed by atoms with Gasteiger partial charge in [0.1, 0.15) is 0 Å². The fraction of sp³-hybridized carbons (Fsp3) is 0.286. The molecule has 0 atom stereocenters. The van der Waals surface area contributed by atoms with Crippen LogP contribution in [-0.4, -0.2) is 32.3 Å². The summed E-state index contributed by atoms with van der Waals surface area (Å²) in [5, 5.41) is 0. The van der Waals surface area contributed by atoms with Crippen LogP contribution in [-0.2, 0) is 10.0 Å². The average Bonchev–Trinajstić information content (AvgIpc) is 2.60. The summed E-state index contributed by atoms with van der Waals surface area (Å²) < 4.78 is 28.1. The van der Waals surface area contributed by atoms with Crippen LogP contribution in [0.2, 0.25) is 0 Å². The van der Waals surface area contributed by atoms with Crippen LogP contribution in [0, 0.1) is 13.8 Å². The Hall–Kier alpha value is -2.60. The van der Waals surface area contributed by atoms with Gasteiger partial charge in [-0.05, 0) is 63.1 Å². The van der Waals surface area contributed by atoms with E-state index in [-0.39, 0.29) is 10.8 Å². The van der Waals surface area contributed by atoms with Gasteiger partial charge in [0.25, 0.3) is 15.9 Å². The number of likely N-dealkylation sites (N-methyl/N-ethyl adjacent to an activating group) is 1. The number of nitrogens with one attached hydrogen (secondary N) is 1. The summed E-state index contributed by atoms with van der Waals surface area (Å²) in [6, 6.07) is 11.8. The second-order valence-electron chi connectivity index (χ2n) is 6.73. The van der Waals surface area contributed by atoms with Crippen molar-refractivity contribution in [3.63, 3.8) is 0 Å². The van der Waals surface area contributed by atoms with Crippen LogP contribution < -0.4 is 4.72 Å². The van der Waals surface area contributed by atoms with Crippen LogP contribution in [0.15, 0.2) is 59.5 Å². The van der Waals surface area contributed by atoms with Crippen molar-refractivity contribution in [2.45, 2.75) is 32.6 Å². The molecule has 0 saturated heterocycles. The molecule has 0 unspecified atom stereocenters. The van der Waals surface area contributed by atoms with Gasteiger partial charge >= 0.3 is 0 Å². The Kier molecular flexibility index (Phi) is 6.44. The fourth-order valence-corrected chi connectivity index (χ4v) is 4.14. The number of carbonyl (C=O) groups excluding carboxylic acids is 1. The van der Waals surface area contributed by atoms with Gasteiger partial charge in [0, 0.05) is 24.3 Å².